The predicted octanol–water partition coefficient (Wildman–Crippen LogP) is 6.61. The number of carbonyl (C=O) groups is 2. The number of esters is 1. The van der Waals surface area contributed by atoms with Crippen molar-refractivity contribution in [2.24, 2.45) is 5.10 Å². The predicted molar refractivity (Wildman–Crippen MR) is 165 cm³/mol. The fourth-order valence-electron chi connectivity index (χ4n) is 4.84. The number of H-pyrrole nitrogens is 1. The number of benzene rings is 4. The van der Waals surface area contributed by atoms with Gasteiger partial charge in [-0.2, -0.15) is 5.10 Å². The maximum absolute atomic E-state index is 13.4. The molecule has 222 valence electrons. The number of nitrogens with one attached hydrogen (secondary N) is 2. The maximum atomic E-state index is 13.4. The van der Waals surface area contributed by atoms with Gasteiger partial charge in [-0.05, 0) is 61.0 Å². The van der Waals surface area contributed by atoms with Crippen LogP contribution in [0.15, 0.2) is 84.0 Å². The number of carbonyl (C=O) groups excluding carboxylic acids is 2. The lowest BCUT2D eigenvalue weighted by molar-refractivity contribution is 0.0727. The Bertz CT molecular complexity index is 1920. The number of amides is 1. The first-order valence-electron chi connectivity index (χ1n) is 13.6. The minimum atomic E-state index is -0.581. The molecule has 2 heterocycles. The molecule has 0 saturated heterocycles. The van der Waals surface area contributed by atoms with Crippen LogP contribution in [0.1, 0.15) is 33.3 Å². The normalized spacial score (nSPS) is 12.0. The van der Waals surface area contributed by atoms with Crippen LogP contribution in [0.4, 0.5) is 0 Å². The number of aromatic amines is 1. The number of aromatic nitrogens is 1. The van der Waals surface area contributed by atoms with Crippen LogP contribution in [0.5, 0.6) is 28.7 Å². The first-order valence-corrected chi connectivity index (χ1v) is 14.0. The number of para-hydroxylation sites is 1. The van der Waals surface area contributed by atoms with Crippen molar-refractivity contribution in [1.29, 1.82) is 0 Å². The number of fused-ring (bicyclic) bond motifs is 2. The minimum Gasteiger partial charge on any atom is -0.495 e. The molecule has 4 aromatic carbocycles. The van der Waals surface area contributed by atoms with Crippen LogP contribution >= 0.6 is 11.6 Å². The van der Waals surface area contributed by atoms with Gasteiger partial charge in [0.2, 0.25) is 6.79 Å². The molecule has 1 aromatic heterocycles. The van der Waals surface area contributed by atoms with Crippen LogP contribution in [0.3, 0.4) is 0 Å². The summed E-state index contributed by atoms with van der Waals surface area (Å²) in [6, 6.07) is 22.6. The Morgan fingerprint density at radius 3 is 2.64 bits per heavy atom. The molecule has 6 rings (SSSR count). The molecule has 10 nitrogen and oxygen atoms in total. The molecular formula is C33H26ClN3O7. The molecular weight excluding hydrogens is 586 g/mol. The van der Waals surface area contributed by atoms with E-state index >= 15 is 0 Å². The standard InChI is InChI=1S/C33H26ClN3O7/c1-3-41-27-15-19(11-13-25(27)44-33(39)20-12-14-24-28(16-20)43-18-42-24)17-35-37-32(38)31-29(21-7-4-5-9-23(21)34)22-8-6-10-26(40-2)30(22)36-31/h4-17,36H,3,18H2,1-2H3,(H,37,38). The molecule has 0 radical (unpaired) electrons. The van der Waals surface area contributed by atoms with Crippen LogP contribution in [0.25, 0.3) is 22.0 Å². The zero-order valence-corrected chi connectivity index (χ0v) is 24.4. The maximum Gasteiger partial charge on any atom is 0.343 e. The fraction of sp³-hybridized carbons (Fsp3) is 0.121. The van der Waals surface area contributed by atoms with Crippen LogP contribution in [-0.4, -0.2) is 43.6 Å². The summed E-state index contributed by atoms with van der Waals surface area (Å²) in [6.45, 7) is 2.25. The first kappa shape index (κ1) is 28.6. The highest BCUT2D eigenvalue weighted by molar-refractivity contribution is 6.34. The van der Waals surface area contributed by atoms with Crippen molar-refractivity contribution in [3.8, 4) is 39.9 Å². The first-order chi connectivity index (χ1) is 21.5. The summed E-state index contributed by atoms with van der Waals surface area (Å²) >= 11 is 6.53. The molecule has 2 N–H and O–H groups in total. The van der Waals surface area contributed by atoms with Gasteiger partial charge in [0, 0.05) is 21.5 Å². The van der Waals surface area contributed by atoms with Gasteiger partial charge in [0.1, 0.15) is 11.4 Å². The van der Waals surface area contributed by atoms with Crippen molar-refractivity contribution in [2.45, 2.75) is 6.92 Å². The SMILES string of the molecule is CCOc1cc(C=NNC(=O)c2[nH]c3c(OC)cccc3c2-c2ccccc2Cl)ccc1OC(=O)c1ccc2c(c1)OCO2. The van der Waals surface area contributed by atoms with Crippen LogP contribution in [0, 0.1) is 0 Å². The Morgan fingerprint density at radius 2 is 1.82 bits per heavy atom. The Labute approximate surface area is 257 Å². The van der Waals surface area contributed by atoms with E-state index in [-0.39, 0.29) is 18.2 Å². The van der Waals surface area contributed by atoms with Crippen molar-refractivity contribution in [3.63, 3.8) is 0 Å². The van der Waals surface area contributed by atoms with Gasteiger partial charge < -0.3 is 28.7 Å². The zero-order chi connectivity index (χ0) is 30.6. The Balaban J connectivity index is 1.23. The van der Waals surface area contributed by atoms with E-state index in [1.54, 1.807) is 55.6 Å². The number of hydrogen-bond donors (Lipinski definition) is 2. The summed E-state index contributed by atoms with van der Waals surface area (Å²) in [7, 11) is 1.56. The lowest BCUT2D eigenvalue weighted by Crippen LogP contribution is -2.19. The topological polar surface area (TPSA) is 120 Å². The molecule has 5 aromatic rings. The van der Waals surface area contributed by atoms with E-state index in [1.165, 1.54) is 6.21 Å². The van der Waals surface area contributed by atoms with E-state index in [0.29, 0.717) is 62.4 Å². The van der Waals surface area contributed by atoms with Crippen molar-refractivity contribution < 1.29 is 33.3 Å². The fourth-order valence-corrected chi connectivity index (χ4v) is 5.07. The second-order valence-electron chi connectivity index (χ2n) is 9.53. The number of ether oxygens (including phenoxy) is 5. The number of methoxy groups -OCH3 is 1. The second kappa shape index (κ2) is 12.4. The van der Waals surface area contributed by atoms with E-state index in [1.807, 2.05) is 37.3 Å². The lowest BCUT2D eigenvalue weighted by Gasteiger charge is -2.11. The number of hydrogen-bond acceptors (Lipinski definition) is 8. The van der Waals surface area contributed by atoms with Crippen molar-refractivity contribution in [2.75, 3.05) is 20.5 Å². The summed E-state index contributed by atoms with van der Waals surface area (Å²) in [5.41, 5.74) is 5.73. The summed E-state index contributed by atoms with van der Waals surface area (Å²) in [5.74, 6) is 1.13. The second-order valence-corrected chi connectivity index (χ2v) is 9.94. The van der Waals surface area contributed by atoms with Gasteiger partial charge in [0.15, 0.2) is 23.0 Å². The molecule has 0 fully saturated rings. The van der Waals surface area contributed by atoms with Gasteiger partial charge in [0.05, 0.1) is 31.0 Å². The van der Waals surface area contributed by atoms with Gasteiger partial charge in [-0.1, -0.05) is 41.9 Å². The van der Waals surface area contributed by atoms with Crippen LogP contribution in [0.2, 0.25) is 5.02 Å². The summed E-state index contributed by atoms with van der Waals surface area (Å²) < 4.78 is 27.5. The molecule has 1 aliphatic rings. The van der Waals surface area contributed by atoms with E-state index in [4.69, 9.17) is 35.3 Å². The molecule has 1 aliphatic heterocycles. The average molecular weight is 612 g/mol. The Morgan fingerprint density at radius 1 is 0.977 bits per heavy atom. The summed E-state index contributed by atoms with van der Waals surface area (Å²) in [4.78, 5) is 29.4. The minimum absolute atomic E-state index is 0.102. The van der Waals surface area contributed by atoms with E-state index in [0.717, 1.165) is 5.39 Å². The summed E-state index contributed by atoms with van der Waals surface area (Å²) in [6.07, 6.45) is 1.46. The van der Waals surface area contributed by atoms with E-state index < -0.39 is 11.9 Å². The van der Waals surface area contributed by atoms with Crippen molar-refractivity contribution in [3.05, 3.63) is 101 Å². The smallest absolute Gasteiger partial charge is 0.343 e. The Hall–Kier alpha value is -5.48. The van der Waals surface area contributed by atoms with Gasteiger partial charge in [-0.15, -0.1) is 0 Å². The molecule has 11 heteroatoms. The quantitative estimate of drug-likeness (QED) is 0.0833. The molecule has 0 atom stereocenters. The molecule has 0 unspecified atom stereocenters. The van der Waals surface area contributed by atoms with Crippen LogP contribution < -0.4 is 29.1 Å². The third kappa shape index (κ3) is 5.62. The van der Waals surface area contributed by atoms with Gasteiger partial charge in [-0.25, -0.2) is 10.2 Å². The highest BCUT2D eigenvalue weighted by atomic mass is 35.5. The molecule has 0 aliphatic carbocycles. The zero-order valence-electron chi connectivity index (χ0n) is 23.7. The summed E-state index contributed by atoms with van der Waals surface area (Å²) in [5, 5.41) is 5.44. The molecule has 44 heavy (non-hydrogen) atoms. The van der Waals surface area contributed by atoms with Crippen molar-refractivity contribution >= 4 is 40.6 Å². The highest BCUT2D eigenvalue weighted by Gasteiger charge is 2.23. The Kier molecular flexibility index (Phi) is 8.07. The number of hydrazone groups is 1. The average Bonchev–Trinajstić information content (AvgIpc) is 3.67. The van der Waals surface area contributed by atoms with Gasteiger partial charge in [-0.3, -0.25) is 4.79 Å². The third-order valence-electron chi connectivity index (χ3n) is 6.84. The van der Waals surface area contributed by atoms with E-state index in [2.05, 4.69) is 15.5 Å². The van der Waals surface area contributed by atoms with E-state index in [9.17, 15) is 9.59 Å². The van der Waals surface area contributed by atoms with Crippen LogP contribution in [-0.2, 0) is 0 Å². The molecule has 0 bridgehead atoms. The van der Waals surface area contributed by atoms with Gasteiger partial charge in [0.25, 0.3) is 5.91 Å². The lowest BCUT2D eigenvalue weighted by atomic mass is 10.0. The number of halogens is 1. The van der Waals surface area contributed by atoms with Gasteiger partial charge >= 0.3 is 5.97 Å². The molecule has 0 spiro atoms. The highest BCUT2D eigenvalue weighted by Crippen LogP contribution is 2.39. The number of nitrogens with zero attached hydrogens (tertiary/aromatic N) is 1. The van der Waals surface area contributed by atoms with Crippen molar-refractivity contribution in [1.82, 2.24) is 10.4 Å². The third-order valence-corrected chi connectivity index (χ3v) is 7.17. The molecule has 0 saturated carbocycles. The molecule has 1 amide bonds. The number of rotatable bonds is 9. The monoisotopic (exact) mass is 611 g/mol. The largest absolute Gasteiger partial charge is 0.495 e.